The lowest BCUT2D eigenvalue weighted by molar-refractivity contribution is 0.193. The summed E-state index contributed by atoms with van der Waals surface area (Å²) in [6, 6.07) is 0. The van der Waals surface area contributed by atoms with E-state index in [1.165, 1.54) is 23.5 Å². The van der Waals surface area contributed by atoms with Crippen molar-refractivity contribution in [2.75, 3.05) is 26.3 Å². The molecule has 2 aliphatic rings. The monoisotopic (exact) mass is 238 g/mol. The van der Waals surface area contributed by atoms with Gasteiger partial charge in [0.1, 0.15) is 0 Å². The van der Waals surface area contributed by atoms with Crippen LogP contribution in [0.5, 0.6) is 0 Å². The standard InChI is InChI=1S/C12H18N2OS/c1-4-13-5-2-9(1)12-14-11(8-16-12)10-3-6-15-7-10/h8-10,13H,1-7H2. The van der Waals surface area contributed by atoms with E-state index in [4.69, 9.17) is 9.72 Å². The first-order valence-electron chi connectivity index (χ1n) is 6.17. The van der Waals surface area contributed by atoms with Crippen molar-refractivity contribution in [3.05, 3.63) is 16.1 Å². The molecule has 2 saturated heterocycles. The third kappa shape index (κ3) is 2.14. The van der Waals surface area contributed by atoms with Crippen LogP contribution in [-0.2, 0) is 4.74 Å². The smallest absolute Gasteiger partial charge is 0.0960 e. The van der Waals surface area contributed by atoms with Crippen LogP contribution in [0.15, 0.2) is 5.38 Å². The van der Waals surface area contributed by atoms with Crippen molar-refractivity contribution in [3.63, 3.8) is 0 Å². The Morgan fingerprint density at radius 1 is 1.25 bits per heavy atom. The Morgan fingerprint density at radius 3 is 2.88 bits per heavy atom. The highest BCUT2D eigenvalue weighted by Crippen LogP contribution is 2.32. The highest BCUT2D eigenvalue weighted by atomic mass is 32.1. The molecule has 0 amide bonds. The molecular weight excluding hydrogens is 220 g/mol. The second-order valence-corrected chi connectivity index (χ2v) is 5.59. The van der Waals surface area contributed by atoms with Crippen LogP contribution in [0.3, 0.4) is 0 Å². The Kier molecular flexibility index (Phi) is 3.22. The lowest BCUT2D eigenvalue weighted by atomic mass is 9.99. The van der Waals surface area contributed by atoms with Gasteiger partial charge in [-0.15, -0.1) is 11.3 Å². The summed E-state index contributed by atoms with van der Waals surface area (Å²) in [5, 5.41) is 7.00. The Balaban J connectivity index is 1.71. The Labute approximate surface area is 100 Å². The molecule has 0 saturated carbocycles. The van der Waals surface area contributed by atoms with Gasteiger partial charge in [-0.05, 0) is 32.4 Å². The minimum Gasteiger partial charge on any atom is -0.381 e. The van der Waals surface area contributed by atoms with Crippen molar-refractivity contribution in [3.8, 4) is 0 Å². The van der Waals surface area contributed by atoms with Gasteiger partial charge in [-0.3, -0.25) is 0 Å². The summed E-state index contributed by atoms with van der Waals surface area (Å²) < 4.78 is 5.42. The summed E-state index contributed by atoms with van der Waals surface area (Å²) >= 11 is 1.85. The lowest BCUT2D eigenvalue weighted by Crippen LogP contribution is -2.26. The van der Waals surface area contributed by atoms with Crippen molar-refractivity contribution >= 4 is 11.3 Å². The van der Waals surface area contributed by atoms with E-state index < -0.39 is 0 Å². The van der Waals surface area contributed by atoms with Crippen LogP contribution in [0, 0.1) is 0 Å². The normalized spacial score (nSPS) is 27.4. The van der Waals surface area contributed by atoms with Crippen LogP contribution in [-0.4, -0.2) is 31.3 Å². The molecular formula is C12H18N2OS. The molecule has 1 aromatic heterocycles. The number of hydrogen-bond donors (Lipinski definition) is 1. The maximum absolute atomic E-state index is 5.42. The number of rotatable bonds is 2. The molecule has 1 unspecified atom stereocenters. The number of nitrogens with one attached hydrogen (secondary N) is 1. The second kappa shape index (κ2) is 4.82. The van der Waals surface area contributed by atoms with E-state index in [2.05, 4.69) is 10.7 Å². The van der Waals surface area contributed by atoms with Crippen LogP contribution in [0.1, 0.15) is 41.8 Å². The fourth-order valence-corrected chi connectivity index (χ4v) is 3.59. The summed E-state index contributed by atoms with van der Waals surface area (Å²) in [6.45, 7) is 4.07. The van der Waals surface area contributed by atoms with Crippen LogP contribution in [0.25, 0.3) is 0 Å². The zero-order chi connectivity index (χ0) is 10.8. The van der Waals surface area contributed by atoms with E-state index in [1.54, 1.807) is 0 Å². The van der Waals surface area contributed by atoms with E-state index in [0.29, 0.717) is 11.8 Å². The minimum atomic E-state index is 0.562. The zero-order valence-corrected chi connectivity index (χ0v) is 10.3. The summed E-state index contributed by atoms with van der Waals surface area (Å²) in [7, 11) is 0. The second-order valence-electron chi connectivity index (χ2n) is 4.70. The first-order valence-corrected chi connectivity index (χ1v) is 7.05. The molecule has 1 atom stereocenters. The molecule has 0 radical (unpaired) electrons. The van der Waals surface area contributed by atoms with E-state index >= 15 is 0 Å². The molecule has 0 spiro atoms. The molecule has 3 heterocycles. The van der Waals surface area contributed by atoms with Gasteiger partial charge in [0.05, 0.1) is 17.3 Å². The average molecular weight is 238 g/mol. The molecule has 2 aliphatic heterocycles. The molecule has 3 rings (SSSR count). The largest absolute Gasteiger partial charge is 0.381 e. The average Bonchev–Trinajstić information content (AvgIpc) is 3.01. The van der Waals surface area contributed by atoms with Gasteiger partial charge in [0.25, 0.3) is 0 Å². The minimum absolute atomic E-state index is 0.562. The van der Waals surface area contributed by atoms with E-state index in [-0.39, 0.29) is 0 Å². The summed E-state index contributed by atoms with van der Waals surface area (Å²) in [6.07, 6.45) is 3.64. The highest BCUT2D eigenvalue weighted by molar-refractivity contribution is 7.09. The first-order chi connectivity index (χ1) is 7.93. The van der Waals surface area contributed by atoms with Crippen LogP contribution in [0.4, 0.5) is 0 Å². The number of nitrogens with zero attached hydrogens (tertiary/aromatic N) is 1. The molecule has 1 N–H and O–H groups in total. The third-order valence-corrected chi connectivity index (χ3v) is 4.60. The van der Waals surface area contributed by atoms with E-state index in [1.807, 2.05) is 11.3 Å². The molecule has 0 bridgehead atoms. The van der Waals surface area contributed by atoms with Gasteiger partial charge < -0.3 is 10.1 Å². The SMILES string of the molecule is c1sc(C2CCNCC2)nc1C1CCOC1. The number of hydrogen-bond acceptors (Lipinski definition) is 4. The third-order valence-electron chi connectivity index (χ3n) is 3.58. The fourth-order valence-electron chi connectivity index (χ4n) is 2.51. The van der Waals surface area contributed by atoms with E-state index in [9.17, 15) is 0 Å². The summed E-state index contributed by atoms with van der Waals surface area (Å²) in [5.41, 5.74) is 1.27. The van der Waals surface area contributed by atoms with Gasteiger partial charge in [-0.25, -0.2) is 4.98 Å². The molecule has 1 aromatic rings. The summed E-state index contributed by atoms with van der Waals surface area (Å²) in [4.78, 5) is 4.83. The quantitative estimate of drug-likeness (QED) is 0.857. The van der Waals surface area contributed by atoms with Gasteiger partial charge in [-0.2, -0.15) is 0 Å². The van der Waals surface area contributed by atoms with Gasteiger partial charge >= 0.3 is 0 Å². The van der Waals surface area contributed by atoms with Crippen LogP contribution >= 0.6 is 11.3 Å². The molecule has 2 fully saturated rings. The van der Waals surface area contributed by atoms with Gasteiger partial charge in [0.15, 0.2) is 0 Å². The Hall–Kier alpha value is -0.450. The van der Waals surface area contributed by atoms with Crippen LogP contribution in [0.2, 0.25) is 0 Å². The maximum atomic E-state index is 5.42. The first kappa shape index (κ1) is 10.7. The van der Waals surface area contributed by atoms with Gasteiger partial charge in [0.2, 0.25) is 0 Å². The molecule has 4 heteroatoms. The zero-order valence-electron chi connectivity index (χ0n) is 9.45. The van der Waals surface area contributed by atoms with Crippen molar-refractivity contribution in [2.45, 2.75) is 31.1 Å². The molecule has 88 valence electrons. The van der Waals surface area contributed by atoms with Crippen molar-refractivity contribution in [1.82, 2.24) is 10.3 Å². The lowest BCUT2D eigenvalue weighted by Gasteiger charge is -2.20. The van der Waals surface area contributed by atoms with Crippen LogP contribution < -0.4 is 5.32 Å². The number of aromatic nitrogens is 1. The van der Waals surface area contributed by atoms with Crippen molar-refractivity contribution in [2.24, 2.45) is 0 Å². The molecule has 16 heavy (non-hydrogen) atoms. The highest BCUT2D eigenvalue weighted by Gasteiger charge is 2.23. The Morgan fingerprint density at radius 2 is 2.12 bits per heavy atom. The Bertz CT molecular complexity index is 341. The fraction of sp³-hybridized carbons (Fsp3) is 0.750. The number of piperidine rings is 1. The molecule has 0 aliphatic carbocycles. The maximum Gasteiger partial charge on any atom is 0.0960 e. The van der Waals surface area contributed by atoms with Gasteiger partial charge in [0, 0.05) is 23.8 Å². The predicted octanol–water partition coefficient (Wildman–Crippen LogP) is 2.11. The van der Waals surface area contributed by atoms with Crippen molar-refractivity contribution < 1.29 is 4.74 Å². The topological polar surface area (TPSA) is 34.2 Å². The summed E-state index contributed by atoms with van der Waals surface area (Å²) in [5.74, 6) is 1.26. The van der Waals surface area contributed by atoms with Gasteiger partial charge in [-0.1, -0.05) is 0 Å². The predicted molar refractivity (Wildman–Crippen MR) is 65.1 cm³/mol. The number of ether oxygens (including phenoxy) is 1. The van der Waals surface area contributed by atoms with Crippen molar-refractivity contribution in [1.29, 1.82) is 0 Å². The number of thiazole rings is 1. The molecule has 3 nitrogen and oxygen atoms in total. The van der Waals surface area contributed by atoms with E-state index in [0.717, 1.165) is 32.7 Å². The molecule has 0 aromatic carbocycles.